The summed E-state index contributed by atoms with van der Waals surface area (Å²) in [6.45, 7) is 7.03. The summed E-state index contributed by atoms with van der Waals surface area (Å²) in [5.74, 6) is 1.08. The standard InChI is InChI=1S/C26H35N3O4/c1-18-16-21(19(2)29(18)20-8-5-6-9-20)22(30)17-27-12-14-28(15-13-27)26(31)25-23(32-3)10-7-11-24(25)33-4/h7,10-11,16,20H,5-6,8-9,12-15,17H2,1-4H3. The maximum absolute atomic E-state index is 13.2. The van der Waals surface area contributed by atoms with Crippen LogP contribution in [0.3, 0.4) is 0 Å². The highest BCUT2D eigenvalue weighted by atomic mass is 16.5. The van der Waals surface area contributed by atoms with Gasteiger partial charge in [-0.2, -0.15) is 0 Å². The number of ketones is 1. The first kappa shape index (κ1) is 23.4. The van der Waals surface area contributed by atoms with Gasteiger partial charge in [0.25, 0.3) is 5.91 Å². The Morgan fingerprint density at radius 2 is 1.58 bits per heavy atom. The van der Waals surface area contributed by atoms with Crippen molar-refractivity contribution in [3.05, 3.63) is 46.8 Å². The summed E-state index contributed by atoms with van der Waals surface area (Å²) in [5, 5.41) is 0. The molecule has 0 bridgehead atoms. The van der Waals surface area contributed by atoms with Gasteiger partial charge in [0.2, 0.25) is 0 Å². The molecule has 1 aromatic carbocycles. The molecular formula is C26H35N3O4. The summed E-state index contributed by atoms with van der Waals surface area (Å²) in [7, 11) is 3.11. The Kier molecular flexibility index (Phi) is 7.08. The highest BCUT2D eigenvalue weighted by molar-refractivity contribution is 6.00. The minimum absolute atomic E-state index is 0.101. The van der Waals surface area contributed by atoms with Crippen molar-refractivity contribution in [3.63, 3.8) is 0 Å². The summed E-state index contributed by atoms with van der Waals surface area (Å²) in [4.78, 5) is 30.3. The maximum atomic E-state index is 13.2. The predicted octanol–water partition coefficient (Wildman–Crippen LogP) is 3.88. The van der Waals surface area contributed by atoms with Crippen LogP contribution in [0.4, 0.5) is 0 Å². The van der Waals surface area contributed by atoms with Crippen LogP contribution in [-0.2, 0) is 0 Å². The number of aromatic nitrogens is 1. The molecule has 7 heteroatoms. The van der Waals surface area contributed by atoms with Gasteiger partial charge in [0.15, 0.2) is 5.78 Å². The van der Waals surface area contributed by atoms with E-state index in [-0.39, 0.29) is 11.7 Å². The number of nitrogens with zero attached hydrogens (tertiary/aromatic N) is 3. The van der Waals surface area contributed by atoms with Crippen LogP contribution in [0.2, 0.25) is 0 Å². The van der Waals surface area contributed by atoms with Gasteiger partial charge >= 0.3 is 0 Å². The SMILES string of the molecule is COc1cccc(OC)c1C(=O)N1CCN(CC(=O)c2cc(C)n(C3CCCC3)c2C)CC1. The topological polar surface area (TPSA) is 64.0 Å². The Morgan fingerprint density at radius 1 is 0.970 bits per heavy atom. The normalized spacial score (nSPS) is 17.4. The van der Waals surface area contributed by atoms with E-state index in [4.69, 9.17) is 9.47 Å². The van der Waals surface area contributed by atoms with Gasteiger partial charge in [-0.25, -0.2) is 0 Å². The quantitative estimate of drug-likeness (QED) is 0.596. The molecule has 1 amide bonds. The average Bonchev–Trinajstić information content (AvgIpc) is 3.45. The number of methoxy groups -OCH3 is 2. The molecule has 0 radical (unpaired) electrons. The second-order valence-electron chi connectivity index (χ2n) is 9.12. The van der Waals surface area contributed by atoms with Crippen LogP contribution in [0.25, 0.3) is 0 Å². The Hall–Kier alpha value is -2.80. The van der Waals surface area contributed by atoms with Gasteiger partial charge in [0.1, 0.15) is 17.1 Å². The summed E-state index contributed by atoms with van der Waals surface area (Å²) < 4.78 is 13.2. The van der Waals surface area contributed by atoms with Crippen molar-refractivity contribution in [2.45, 2.75) is 45.6 Å². The molecule has 4 rings (SSSR count). The molecular weight excluding hydrogens is 418 g/mol. The lowest BCUT2D eigenvalue weighted by Gasteiger charge is -2.34. The van der Waals surface area contributed by atoms with Crippen molar-refractivity contribution in [2.75, 3.05) is 46.9 Å². The number of amides is 1. The first-order valence-electron chi connectivity index (χ1n) is 11.9. The van der Waals surface area contributed by atoms with Crippen molar-refractivity contribution in [1.29, 1.82) is 0 Å². The zero-order chi connectivity index (χ0) is 23.5. The van der Waals surface area contributed by atoms with E-state index in [1.807, 2.05) is 11.0 Å². The van der Waals surface area contributed by atoms with Crippen molar-refractivity contribution >= 4 is 11.7 Å². The van der Waals surface area contributed by atoms with E-state index in [2.05, 4.69) is 29.4 Å². The third-order valence-electron chi connectivity index (χ3n) is 7.14. The van der Waals surface area contributed by atoms with Crippen molar-refractivity contribution < 1.29 is 19.1 Å². The summed E-state index contributed by atoms with van der Waals surface area (Å²) in [6, 6.07) is 7.94. The number of hydrogen-bond acceptors (Lipinski definition) is 5. The number of rotatable bonds is 7. The number of hydrogen-bond donors (Lipinski definition) is 0. The lowest BCUT2D eigenvalue weighted by molar-refractivity contribution is 0.0618. The molecule has 0 atom stereocenters. The largest absolute Gasteiger partial charge is 0.496 e. The van der Waals surface area contributed by atoms with Gasteiger partial charge in [-0.15, -0.1) is 0 Å². The molecule has 2 aliphatic rings. The fraction of sp³-hybridized carbons (Fsp3) is 0.538. The summed E-state index contributed by atoms with van der Waals surface area (Å²) in [5.41, 5.74) is 3.58. The number of benzene rings is 1. The number of carbonyl (C=O) groups excluding carboxylic acids is 2. The van der Waals surface area contributed by atoms with Crippen LogP contribution in [-0.4, -0.2) is 73.0 Å². The number of aryl methyl sites for hydroxylation is 1. The highest BCUT2D eigenvalue weighted by Gasteiger charge is 2.29. The molecule has 1 saturated carbocycles. The molecule has 33 heavy (non-hydrogen) atoms. The first-order valence-corrected chi connectivity index (χ1v) is 11.9. The molecule has 0 spiro atoms. The van der Waals surface area contributed by atoms with Crippen LogP contribution in [0.5, 0.6) is 11.5 Å². The second-order valence-corrected chi connectivity index (χ2v) is 9.12. The minimum Gasteiger partial charge on any atom is -0.496 e. The lowest BCUT2D eigenvalue weighted by Crippen LogP contribution is -2.50. The molecule has 2 fully saturated rings. The number of carbonyl (C=O) groups is 2. The smallest absolute Gasteiger partial charge is 0.261 e. The van der Waals surface area contributed by atoms with E-state index in [1.54, 1.807) is 26.4 Å². The average molecular weight is 454 g/mol. The molecule has 1 aliphatic carbocycles. The van der Waals surface area contributed by atoms with Gasteiger partial charge in [-0.05, 0) is 44.9 Å². The van der Waals surface area contributed by atoms with Gasteiger partial charge in [0.05, 0.1) is 20.8 Å². The Bertz CT molecular complexity index is 993. The Morgan fingerprint density at radius 3 is 2.15 bits per heavy atom. The fourth-order valence-electron chi connectivity index (χ4n) is 5.40. The predicted molar refractivity (Wildman–Crippen MR) is 128 cm³/mol. The van der Waals surface area contributed by atoms with E-state index in [1.165, 1.54) is 31.4 Å². The summed E-state index contributed by atoms with van der Waals surface area (Å²) in [6.07, 6.45) is 4.96. The van der Waals surface area contributed by atoms with Gasteiger partial charge in [0, 0.05) is 49.2 Å². The van der Waals surface area contributed by atoms with Gasteiger partial charge in [-0.3, -0.25) is 14.5 Å². The van der Waals surface area contributed by atoms with Crippen molar-refractivity contribution in [3.8, 4) is 11.5 Å². The molecule has 1 aliphatic heterocycles. The first-order chi connectivity index (χ1) is 15.9. The molecule has 1 aromatic heterocycles. The van der Waals surface area contributed by atoms with Crippen molar-refractivity contribution in [2.24, 2.45) is 0 Å². The molecule has 0 N–H and O–H groups in total. The van der Waals surface area contributed by atoms with E-state index < -0.39 is 0 Å². The Labute approximate surface area is 196 Å². The van der Waals surface area contributed by atoms with Crippen LogP contribution in [0, 0.1) is 13.8 Å². The van der Waals surface area contributed by atoms with E-state index in [0.717, 1.165) is 11.3 Å². The minimum atomic E-state index is -0.101. The zero-order valence-electron chi connectivity index (χ0n) is 20.2. The maximum Gasteiger partial charge on any atom is 0.261 e. The van der Waals surface area contributed by atoms with Crippen LogP contribution in [0.1, 0.15) is 63.8 Å². The van der Waals surface area contributed by atoms with Gasteiger partial charge < -0.3 is 18.9 Å². The highest BCUT2D eigenvalue weighted by Crippen LogP contribution is 2.34. The van der Waals surface area contributed by atoms with Crippen molar-refractivity contribution in [1.82, 2.24) is 14.4 Å². The van der Waals surface area contributed by atoms with Gasteiger partial charge in [-0.1, -0.05) is 18.9 Å². The number of ether oxygens (including phenoxy) is 2. The van der Waals surface area contributed by atoms with E-state index in [9.17, 15) is 9.59 Å². The molecule has 1 saturated heterocycles. The Balaban J connectivity index is 1.39. The van der Waals surface area contributed by atoms with Crippen LogP contribution < -0.4 is 9.47 Å². The number of piperazine rings is 1. The molecule has 0 unspecified atom stereocenters. The third-order valence-corrected chi connectivity index (χ3v) is 7.14. The lowest BCUT2D eigenvalue weighted by atomic mass is 10.1. The van der Waals surface area contributed by atoms with E-state index in [0.29, 0.717) is 55.8 Å². The molecule has 2 heterocycles. The fourth-order valence-corrected chi connectivity index (χ4v) is 5.40. The molecule has 7 nitrogen and oxygen atoms in total. The van der Waals surface area contributed by atoms with Crippen LogP contribution in [0.15, 0.2) is 24.3 Å². The number of Topliss-reactive ketones (excluding diaryl/α,β-unsaturated/α-hetero) is 1. The van der Waals surface area contributed by atoms with Crippen LogP contribution >= 0.6 is 0 Å². The monoisotopic (exact) mass is 453 g/mol. The van der Waals surface area contributed by atoms with E-state index >= 15 is 0 Å². The summed E-state index contributed by atoms with van der Waals surface area (Å²) >= 11 is 0. The second kappa shape index (κ2) is 10.00. The molecule has 2 aromatic rings. The zero-order valence-corrected chi connectivity index (χ0v) is 20.2. The third kappa shape index (κ3) is 4.64. The molecule has 178 valence electrons.